The van der Waals surface area contributed by atoms with Gasteiger partial charge in [-0.15, -0.1) is 24.0 Å². The van der Waals surface area contributed by atoms with E-state index < -0.39 is 0 Å². The number of hydrogen-bond donors (Lipinski definition) is 3. The Hall–Kier alpha value is -2.95. The van der Waals surface area contributed by atoms with E-state index in [4.69, 9.17) is 9.47 Å². The van der Waals surface area contributed by atoms with Crippen molar-refractivity contribution in [3.05, 3.63) is 65.0 Å². The molecule has 3 rings (SSSR count). The number of guanidine groups is 1. The van der Waals surface area contributed by atoms with Gasteiger partial charge in [-0.3, -0.25) is 0 Å². The van der Waals surface area contributed by atoms with Crippen molar-refractivity contribution in [2.24, 2.45) is 4.99 Å². The number of benzene rings is 2. The molecule has 0 amide bonds. The van der Waals surface area contributed by atoms with Crippen LogP contribution in [-0.4, -0.2) is 41.6 Å². The topological polar surface area (TPSA) is 92.9 Å². The second-order valence-corrected chi connectivity index (χ2v) is 7.37. The fourth-order valence-corrected chi connectivity index (χ4v) is 3.47. The lowest BCUT2D eigenvalue weighted by atomic mass is 10.1. The van der Waals surface area contributed by atoms with Crippen molar-refractivity contribution in [3.8, 4) is 22.9 Å². The molecular weight excluding hydrogens is 533 g/mol. The molecule has 0 aliphatic heterocycles. The number of para-hydroxylation sites is 1. The molecule has 0 saturated heterocycles. The Balaban J connectivity index is 0.00000385. The summed E-state index contributed by atoms with van der Waals surface area (Å²) in [6, 6.07) is 13.8. The molecule has 1 aromatic heterocycles. The monoisotopic (exact) mass is 565 g/mol. The minimum Gasteiger partial charge on any atom is -0.502 e. The maximum atomic E-state index is 10.1. The van der Waals surface area contributed by atoms with Crippen LogP contribution in [0.4, 0.5) is 0 Å². The molecule has 3 N–H and O–H groups in total. The number of ether oxygens (including phenoxy) is 2. The molecule has 2 aromatic carbocycles. The van der Waals surface area contributed by atoms with E-state index in [9.17, 15) is 5.11 Å². The number of nitrogens with zero attached hydrogens (tertiary/aromatic N) is 3. The molecule has 0 unspecified atom stereocenters. The van der Waals surface area contributed by atoms with E-state index in [1.165, 1.54) is 14.2 Å². The fourth-order valence-electron chi connectivity index (χ4n) is 3.47. The second-order valence-electron chi connectivity index (χ2n) is 7.37. The van der Waals surface area contributed by atoms with Crippen LogP contribution >= 0.6 is 24.0 Å². The van der Waals surface area contributed by atoms with Gasteiger partial charge in [0.2, 0.25) is 5.75 Å². The minimum absolute atomic E-state index is 0. The summed E-state index contributed by atoms with van der Waals surface area (Å²) in [5.74, 6) is 1.37. The lowest BCUT2D eigenvalue weighted by Crippen LogP contribution is -2.37. The number of halogens is 1. The summed E-state index contributed by atoms with van der Waals surface area (Å²) in [7, 11) is 3.01. The van der Waals surface area contributed by atoms with Gasteiger partial charge in [-0.2, -0.15) is 5.10 Å². The smallest absolute Gasteiger partial charge is 0.200 e. The van der Waals surface area contributed by atoms with Crippen molar-refractivity contribution in [1.29, 1.82) is 0 Å². The van der Waals surface area contributed by atoms with Crippen LogP contribution in [0.1, 0.15) is 29.4 Å². The standard InChI is InChI=1S/C24H31N5O3.HI/c1-6-25-24(26-14-18-12-21(31-4)23(30)22(13-18)32-5)27-15-19-9-7-8-10-20(19)29-17(3)11-16(2)28-29;/h7-13,30H,6,14-15H2,1-5H3,(H2,25,26,27);1H. The normalized spacial score (nSPS) is 11.0. The second kappa shape index (κ2) is 12.3. The summed E-state index contributed by atoms with van der Waals surface area (Å²) in [5, 5.41) is 21.4. The maximum Gasteiger partial charge on any atom is 0.200 e. The summed E-state index contributed by atoms with van der Waals surface area (Å²) in [6.45, 7) is 7.77. The highest BCUT2D eigenvalue weighted by Crippen LogP contribution is 2.37. The molecule has 0 atom stereocenters. The maximum absolute atomic E-state index is 10.1. The van der Waals surface area contributed by atoms with Gasteiger partial charge in [-0.05, 0) is 56.2 Å². The first kappa shape index (κ1) is 26.3. The summed E-state index contributed by atoms with van der Waals surface area (Å²) < 4.78 is 12.4. The van der Waals surface area contributed by atoms with E-state index in [0.717, 1.165) is 34.7 Å². The van der Waals surface area contributed by atoms with Crippen molar-refractivity contribution < 1.29 is 14.6 Å². The number of methoxy groups -OCH3 is 2. The molecule has 0 spiro atoms. The summed E-state index contributed by atoms with van der Waals surface area (Å²) >= 11 is 0. The summed E-state index contributed by atoms with van der Waals surface area (Å²) in [5.41, 5.74) is 5.08. The lowest BCUT2D eigenvalue weighted by Gasteiger charge is -2.15. The Morgan fingerprint density at radius 3 is 2.30 bits per heavy atom. The van der Waals surface area contributed by atoms with E-state index in [1.807, 2.05) is 30.7 Å². The van der Waals surface area contributed by atoms with Crippen LogP contribution in [0.25, 0.3) is 5.69 Å². The van der Waals surface area contributed by atoms with Crippen molar-refractivity contribution in [2.45, 2.75) is 33.9 Å². The first-order valence-corrected chi connectivity index (χ1v) is 10.5. The molecule has 0 saturated carbocycles. The van der Waals surface area contributed by atoms with Crippen LogP contribution in [0.3, 0.4) is 0 Å². The number of aromatic hydroxyl groups is 1. The van der Waals surface area contributed by atoms with Gasteiger partial charge in [0.25, 0.3) is 0 Å². The summed E-state index contributed by atoms with van der Waals surface area (Å²) in [6.07, 6.45) is 0. The van der Waals surface area contributed by atoms with Crippen molar-refractivity contribution in [2.75, 3.05) is 20.8 Å². The highest BCUT2D eigenvalue weighted by Gasteiger charge is 2.12. The average molecular weight is 565 g/mol. The van der Waals surface area contributed by atoms with Crippen LogP contribution in [0.5, 0.6) is 17.2 Å². The van der Waals surface area contributed by atoms with E-state index in [1.54, 1.807) is 12.1 Å². The third-order valence-corrected chi connectivity index (χ3v) is 4.98. The predicted octanol–water partition coefficient (Wildman–Crippen LogP) is 4.09. The van der Waals surface area contributed by atoms with Crippen LogP contribution in [0, 0.1) is 13.8 Å². The van der Waals surface area contributed by atoms with Crippen LogP contribution in [-0.2, 0) is 13.1 Å². The zero-order chi connectivity index (χ0) is 23.1. The van der Waals surface area contributed by atoms with Gasteiger partial charge in [0.15, 0.2) is 17.5 Å². The number of rotatable bonds is 8. The average Bonchev–Trinajstić information content (AvgIpc) is 3.14. The zero-order valence-electron chi connectivity index (χ0n) is 19.7. The molecule has 0 fully saturated rings. The molecule has 0 aliphatic carbocycles. The van der Waals surface area contributed by atoms with Crippen molar-refractivity contribution in [1.82, 2.24) is 20.4 Å². The fraction of sp³-hybridized carbons (Fsp3) is 0.333. The zero-order valence-corrected chi connectivity index (χ0v) is 22.0. The first-order chi connectivity index (χ1) is 15.5. The van der Waals surface area contributed by atoms with E-state index in [0.29, 0.717) is 30.5 Å². The first-order valence-electron chi connectivity index (χ1n) is 10.5. The molecular formula is C24H32IN5O3. The Bertz CT molecular complexity index is 1070. The van der Waals surface area contributed by atoms with Gasteiger partial charge in [-0.1, -0.05) is 18.2 Å². The Morgan fingerprint density at radius 2 is 1.73 bits per heavy atom. The molecule has 0 bridgehead atoms. The molecule has 178 valence electrons. The Labute approximate surface area is 212 Å². The molecule has 0 aliphatic rings. The van der Waals surface area contributed by atoms with E-state index in [2.05, 4.69) is 45.8 Å². The van der Waals surface area contributed by atoms with Crippen LogP contribution in [0.2, 0.25) is 0 Å². The third-order valence-electron chi connectivity index (χ3n) is 4.98. The van der Waals surface area contributed by atoms with Crippen LogP contribution < -0.4 is 20.1 Å². The molecule has 3 aromatic rings. The molecule has 33 heavy (non-hydrogen) atoms. The van der Waals surface area contributed by atoms with E-state index in [-0.39, 0.29) is 29.7 Å². The van der Waals surface area contributed by atoms with Crippen molar-refractivity contribution in [3.63, 3.8) is 0 Å². The third kappa shape index (κ3) is 6.53. The van der Waals surface area contributed by atoms with Gasteiger partial charge in [0.1, 0.15) is 0 Å². The Kier molecular flexibility index (Phi) is 9.83. The number of nitrogens with one attached hydrogen (secondary N) is 2. The SMILES string of the molecule is CCNC(=NCc1cc(OC)c(O)c(OC)c1)NCc1ccccc1-n1nc(C)cc1C.I. The highest BCUT2D eigenvalue weighted by atomic mass is 127. The number of phenols is 1. The number of aryl methyl sites for hydroxylation is 2. The lowest BCUT2D eigenvalue weighted by molar-refractivity contribution is 0.339. The van der Waals surface area contributed by atoms with Gasteiger partial charge < -0.3 is 25.2 Å². The van der Waals surface area contributed by atoms with E-state index >= 15 is 0 Å². The molecule has 8 nitrogen and oxygen atoms in total. The van der Waals surface area contributed by atoms with Crippen LogP contribution in [0.15, 0.2) is 47.5 Å². The Morgan fingerprint density at radius 1 is 1.06 bits per heavy atom. The largest absolute Gasteiger partial charge is 0.502 e. The van der Waals surface area contributed by atoms with Gasteiger partial charge >= 0.3 is 0 Å². The number of hydrogen-bond acceptors (Lipinski definition) is 5. The predicted molar refractivity (Wildman–Crippen MR) is 141 cm³/mol. The van der Waals surface area contributed by atoms with Crippen molar-refractivity contribution >= 4 is 29.9 Å². The quantitative estimate of drug-likeness (QED) is 0.217. The number of phenolic OH excluding ortho intramolecular Hbond substituents is 1. The minimum atomic E-state index is -0.0199. The van der Waals surface area contributed by atoms with Gasteiger partial charge in [-0.25, -0.2) is 9.67 Å². The highest BCUT2D eigenvalue weighted by molar-refractivity contribution is 14.0. The van der Waals surface area contributed by atoms with Gasteiger partial charge in [0, 0.05) is 18.8 Å². The number of aromatic nitrogens is 2. The molecule has 0 radical (unpaired) electrons. The summed E-state index contributed by atoms with van der Waals surface area (Å²) in [4.78, 5) is 4.68. The molecule has 1 heterocycles. The molecule has 9 heteroatoms. The number of aliphatic imine (C=N–C) groups is 1. The van der Waals surface area contributed by atoms with Gasteiger partial charge in [0.05, 0.1) is 32.1 Å².